The second kappa shape index (κ2) is 12.6. The molecule has 8 heteroatoms. The molecule has 0 aliphatic carbocycles. The van der Waals surface area contributed by atoms with Crippen molar-refractivity contribution in [3.63, 3.8) is 0 Å². The van der Waals surface area contributed by atoms with E-state index < -0.39 is 35.3 Å². The maximum Gasteiger partial charge on any atom is 0.255 e. The molecule has 1 amide bonds. The second-order valence-electron chi connectivity index (χ2n) is 10.9. The van der Waals surface area contributed by atoms with Gasteiger partial charge in [-0.15, -0.1) is 0 Å². The first-order valence-electron chi connectivity index (χ1n) is 13.6. The van der Waals surface area contributed by atoms with Crippen LogP contribution in [0.1, 0.15) is 65.4 Å². The zero-order chi connectivity index (χ0) is 28.9. The Hall–Kier alpha value is -3.80. The van der Waals surface area contributed by atoms with E-state index in [1.165, 1.54) is 23.8 Å². The van der Waals surface area contributed by atoms with E-state index in [4.69, 9.17) is 4.74 Å². The number of hydrogen-bond donors (Lipinski definition) is 3. The first kappa shape index (κ1) is 29.2. The number of nitriles is 1. The number of carbonyl (C=O) groups excluding carboxylic acids is 1. The third-order valence-electron chi connectivity index (χ3n) is 7.16. The summed E-state index contributed by atoms with van der Waals surface area (Å²) in [6.07, 6.45) is 1.19. The molecule has 3 aromatic carbocycles. The van der Waals surface area contributed by atoms with Gasteiger partial charge < -0.3 is 20.5 Å². The van der Waals surface area contributed by atoms with Gasteiger partial charge in [-0.3, -0.25) is 4.79 Å². The van der Waals surface area contributed by atoms with Crippen LogP contribution < -0.4 is 15.4 Å². The van der Waals surface area contributed by atoms with E-state index in [1.807, 2.05) is 32.0 Å². The van der Waals surface area contributed by atoms with Crippen LogP contribution in [0.3, 0.4) is 0 Å². The van der Waals surface area contributed by atoms with E-state index in [0.717, 1.165) is 30.0 Å². The third kappa shape index (κ3) is 7.44. The monoisotopic (exact) mass is 547 g/mol. The van der Waals surface area contributed by atoms with Crippen molar-refractivity contribution < 1.29 is 23.4 Å². The number of carbonyl (C=O) groups is 1. The Morgan fingerprint density at radius 3 is 2.52 bits per heavy atom. The normalized spacial score (nSPS) is 15.3. The van der Waals surface area contributed by atoms with Gasteiger partial charge in [0.25, 0.3) is 5.91 Å². The first-order chi connectivity index (χ1) is 19.1. The van der Waals surface area contributed by atoms with Crippen LogP contribution in [-0.2, 0) is 25.8 Å². The van der Waals surface area contributed by atoms with Gasteiger partial charge in [-0.25, -0.2) is 8.78 Å². The van der Waals surface area contributed by atoms with Gasteiger partial charge in [-0.1, -0.05) is 31.2 Å². The molecule has 210 valence electrons. The molecule has 40 heavy (non-hydrogen) atoms. The van der Waals surface area contributed by atoms with Crippen molar-refractivity contribution in [1.29, 1.82) is 5.26 Å². The van der Waals surface area contributed by atoms with E-state index in [2.05, 4.69) is 29.7 Å². The summed E-state index contributed by atoms with van der Waals surface area (Å²) < 4.78 is 34.1. The van der Waals surface area contributed by atoms with Crippen molar-refractivity contribution in [1.82, 2.24) is 10.6 Å². The van der Waals surface area contributed by atoms with Gasteiger partial charge in [0.1, 0.15) is 23.0 Å². The summed E-state index contributed by atoms with van der Waals surface area (Å²) in [5, 5.41) is 26.8. The molecule has 0 saturated carbocycles. The van der Waals surface area contributed by atoms with Crippen LogP contribution in [0.5, 0.6) is 5.75 Å². The summed E-state index contributed by atoms with van der Waals surface area (Å²) >= 11 is 0. The highest BCUT2D eigenvalue weighted by Gasteiger charge is 2.32. The molecule has 0 radical (unpaired) electrons. The first-order valence-corrected chi connectivity index (χ1v) is 13.6. The largest absolute Gasteiger partial charge is 0.487 e. The maximum atomic E-state index is 14.0. The highest BCUT2D eigenvalue weighted by Crippen LogP contribution is 2.37. The summed E-state index contributed by atoms with van der Waals surface area (Å²) in [7, 11) is 0. The molecule has 0 bridgehead atoms. The number of benzene rings is 3. The molecule has 2 unspecified atom stereocenters. The fraction of sp³-hybridized carbons (Fsp3) is 0.375. The molecule has 1 aliphatic heterocycles. The smallest absolute Gasteiger partial charge is 0.255 e. The molecule has 2 atom stereocenters. The minimum Gasteiger partial charge on any atom is -0.487 e. The van der Waals surface area contributed by atoms with Gasteiger partial charge in [0.05, 0.1) is 29.3 Å². The predicted molar refractivity (Wildman–Crippen MR) is 149 cm³/mol. The molecular weight excluding hydrogens is 512 g/mol. The lowest BCUT2D eigenvalue weighted by molar-refractivity contribution is 0.0749. The van der Waals surface area contributed by atoms with Gasteiger partial charge in [-0.2, -0.15) is 5.26 Å². The molecule has 3 N–H and O–H groups in total. The lowest BCUT2D eigenvalue weighted by Gasteiger charge is -2.34. The van der Waals surface area contributed by atoms with Crippen molar-refractivity contribution >= 4 is 5.91 Å². The lowest BCUT2D eigenvalue weighted by Crippen LogP contribution is -2.49. The van der Waals surface area contributed by atoms with E-state index >= 15 is 0 Å². The molecule has 0 saturated heterocycles. The Balaban J connectivity index is 1.57. The predicted octanol–water partition coefficient (Wildman–Crippen LogP) is 4.99. The van der Waals surface area contributed by atoms with Crippen molar-refractivity contribution in [2.45, 2.75) is 70.7 Å². The maximum absolute atomic E-state index is 14.0. The Bertz CT molecular complexity index is 1400. The third-order valence-corrected chi connectivity index (χ3v) is 7.16. The molecule has 4 rings (SSSR count). The Morgan fingerprint density at radius 1 is 1.10 bits per heavy atom. The van der Waals surface area contributed by atoms with Gasteiger partial charge >= 0.3 is 0 Å². The minimum atomic E-state index is -1.09. The van der Waals surface area contributed by atoms with Crippen LogP contribution in [0.4, 0.5) is 8.78 Å². The average Bonchev–Trinajstić information content (AvgIpc) is 2.91. The lowest BCUT2D eigenvalue weighted by atomic mass is 9.91. The van der Waals surface area contributed by atoms with E-state index in [9.17, 15) is 23.9 Å². The van der Waals surface area contributed by atoms with Crippen LogP contribution in [0.2, 0.25) is 0 Å². The minimum absolute atomic E-state index is 0.0128. The summed E-state index contributed by atoms with van der Waals surface area (Å²) in [6.45, 7) is 6.57. The van der Waals surface area contributed by atoms with Gasteiger partial charge in [0.2, 0.25) is 0 Å². The Morgan fingerprint density at radius 2 is 1.82 bits per heavy atom. The molecular formula is C32H35F2N3O3. The molecule has 0 spiro atoms. The number of nitrogens with one attached hydrogen (secondary N) is 2. The number of aryl methyl sites for hydroxylation is 2. The number of amides is 1. The highest BCUT2D eigenvalue weighted by molar-refractivity contribution is 5.98. The average molecular weight is 548 g/mol. The summed E-state index contributed by atoms with van der Waals surface area (Å²) in [5.74, 6) is -1.61. The molecule has 3 aromatic rings. The van der Waals surface area contributed by atoms with E-state index in [1.54, 1.807) is 6.07 Å². The zero-order valence-corrected chi connectivity index (χ0v) is 23.1. The van der Waals surface area contributed by atoms with Crippen LogP contribution in [0, 0.1) is 23.0 Å². The summed E-state index contributed by atoms with van der Waals surface area (Å²) in [6, 6.07) is 15.6. The number of aliphatic hydroxyl groups is 1. The van der Waals surface area contributed by atoms with E-state index in [-0.39, 0.29) is 18.5 Å². The van der Waals surface area contributed by atoms with Crippen molar-refractivity contribution in [3.05, 3.63) is 99.6 Å². The van der Waals surface area contributed by atoms with Gasteiger partial charge in [0.15, 0.2) is 0 Å². The molecule has 0 aromatic heterocycles. The number of aliphatic hydroxyl groups excluding tert-OH is 1. The van der Waals surface area contributed by atoms with Crippen LogP contribution in [0.25, 0.3) is 0 Å². The molecule has 6 nitrogen and oxygen atoms in total. The van der Waals surface area contributed by atoms with E-state index in [0.29, 0.717) is 29.8 Å². The van der Waals surface area contributed by atoms with Crippen LogP contribution in [0.15, 0.2) is 54.6 Å². The Labute approximate surface area is 234 Å². The second-order valence-corrected chi connectivity index (χ2v) is 10.9. The topological polar surface area (TPSA) is 94.4 Å². The number of ether oxygens (including phenoxy) is 1. The molecule has 1 heterocycles. The number of fused-ring (bicyclic) bond motifs is 1. The molecule has 1 aliphatic rings. The van der Waals surface area contributed by atoms with Crippen molar-refractivity contribution in [3.8, 4) is 11.8 Å². The van der Waals surface area contributed by atoms with Crippen molar-refractivity contribution in [2.75, 3.05) is 6.54 Å². The van der Waals surface area contributed by atoms with Gasteiger partial charge in [0, 0.05) is 19.2 Å². The van der Waals surface area contributed by atoms with Crippen LogP contribution >= 0.6 is 0 Å². The fourth-order valence-corrected chi connectivity index (χ4v) is 4.97. The number of rotatable bonds is 10. The summed E-state index contributed by atoms with van der Waals surface area (Å²) in [5.41, 5.74) is 3.34. The van der Waals surface area contributed by atoms with Crippen LogP contribution in [-0.4, -0.2) is 35.3 Å². The van der Waals surface area contributed by atoms with Crippen molar-refractivity contribution in [2.24, 2.45) is 0 Å². The Kier molecular flexibility index (Phi) is 9.18. The van der Waals surface area contributed by atoms with Gasteiger partial charge in [-0.05, 0) is 86.1 Å². The standard InChI is InChI=1S/C32H35F2N3O3/c1-4-20-6-5-7-21(10-20)18-36-19-29(38)28(15-22-12-25(33)16-26(34)13-22)37-31(39)27-14-23(17-35)11-24-8-9-32(2,3)40-30(24)27/h5-7,10-14,16,28-29,36,38H,4,8-9,15,18-19H2,1-3H3,(H,37,39). The number of nitrogens with zero attached hydrogens (tertiary/aromatic N) is 1. The quantitative estimate of drug-likeness (QED) is 0.332. The SMILES string of the molecule is CCc1cccc(CNCC(O)C(Cc2cc(F)cc(F)c2)NC(=O)c2cc(C#N)cc3c2OC(C)(C)CC3)c1. The highest BCUT2D eigenvalue weighted by atomic mass is 19.1. The fourth-order valence-electron chi connectivity index (χ4n) is 4.97. The zero-order valence-electron chi connectivity index (χ0n) is 23.1. The number of hydrogen-bond acceptors (Lipinski definition) is 5. The number of halogens is 2. The molecule has 0 fully saturated rings. The summed E-state index contributed by atoms with van der Waals surface area (Å²) in [4.78, 5) is 13.6.